The number of rotatable bonds is 5. The van der Waals surface area contributed by atoms with Gasteiger partial charge in [-0.25, -0.2) is 0 Å². The van der Waals surface area contributed by atoms with Crippen LogP contribution in [0.15, 0.2) is 36.4 Å². The molecule has 0 saturated carbocycles. The SMILES string of the molecule is CCC(=O)N1CCN(c2ccc(Cl)cc2NC(=O)c2ccc([N+](=O)[O-])cc2Cl)CC1. The van der Waals surface area contributed by atoms with Crippen LogP contribution in [0.2, 0.25) is 10.0 Å². The first kappa shape index (κ1) is 21.9. The highest BCUT2D eigenvalue weighted by atomic mass is 35.5. The lowest BCUT2D eigenvalue weighted by Gasteiger charge is -2.37. The molecule has 0 radical (unpaired) electrons. The average Bonchev–Trinajstić information content (AvgIpc) is 2.73. The first-order valence-electron chi connectivity index (χ1n) is 9.37. The fourth-order valence-electron chi connectivity index (χ4n) is 3.30. The highest BCUT2D eigenvalue weighted by Crippen LogP contribution is 2.31. The Balaban J connectivity index is 1.80. The number of hydrogen-bond acceptors (Lipinski definition) is 5. The van der Waals surface area contributed by atoms with Crippen LogP contribution in [-0.2, 0) is 4.79 Å². The summed E-state index contributed by atoms with van der Waals surface area (Å²) in [7, 11) is 0. The summed E-state index contributed by atoms with van der Waals surface area (Å²) < 4.78 is 0. The molecule has 1 aliphatic rings. The van der Waals surface area contributed by atoms with E-state index in [2.05, 4.69) is 10.2 Å². The number of anilines is 2. The second-order valence-electron chi connectivity index (χ2n) is 6.76. The predicted molar refractivity (Wildman–Crippen MR) is 117 cm³/mol. The van der Waals surface area contributed by atoms with Crippen LogP contribution < -0.4 is 10.2 Å². The Labute approximate surface area is 183 Å². The molecule has 1 aliphatic heterocycles. The summed E-state index contributed by atoms with van der Waals surface area (Å²) in [6, 6.07) is 8.86. The zero-order chi connectivity index (χ0) is 21.8. The summed E-state index contributed by atoms with van der Waals surface area (Å²) >= 11 is 12.2. The molecular weight excluding hydrogens is 431 g/mol. The van der Waals surface area contributed by atoms with E-state index in [1.54, 1.807) is 12.1 Å². The van der Waals surface area contributed by atoms with Crippen LogP contribution in [0.5, 0.6) is 0 Å². The molecule has 1 fully saturated rings. The predicted octanol–water partition coefficient (Wildman–Crippen LogP) is 4.21. The number of nitrogens with one attached hydrogen (secondary N) is 1. The van der Waals surface area contributed by atoms with E-state index < -0.39 is 10.8 Å². The van der Waals surface area contributed by atoms with E-state index in [1.807, 2.05) is 17.9 Å². The van der Waals surface area contributed by atoms with Crippen LogP contribution >= 0.6 is 23.2 Å². The Morgan fingerprint density at radius 3 is 2.40 bits per heavy atom. The average molecular weight is 451 g/mol. The Morgan fingerprint density at radius 2 is 1.80 bits per heavy atom. The molecule has 10 heteroatoms. The Morgan fingerprint density at radius 1 is 1.10 bits per heavy atom. The van der Waals surface area contributed by atoms with Crippen molar-refractivity contribution >= 4 is 52.1 Å². The van der Waals surface area contributed by atoms with Crippen molar-refractivity contribution in [2.75, 3.05) is 36.4 Å². The van der Waals surface area contributed by atoms with E-state index in [4.69, 9.17) is 23.2 Å². The number of non-ortho nitro benzene ring substituents is 1. The first-order chi connectivity index (χ1) is 14.3. The van der Waals surface area contributed by atoms with Crippen LogP contribution in [0.25, 0.3) is 0 Å². The quantitative estimate of drug-likeness (QED) is 0.543. The number of nitrogens with zero attached hydrogens (tertiary/aromatic N) is 3. The number of hydrogen-bond donors (Lipinski definition) is 1. The monoisotopic (exact) mass is 450 g/mol. The largest absolute Gasteiger partial charge is 0.366 e. The van der Waals surface area contributed by atoms with Gasteiger partial charge >= 0.3 is 0 Å². The number of piperazine rings is 1. The molecule has 2 aromatic carbocycles. The maximum absolute atomic E-state index is 12.8. The summed E-state index contributed by atoms with van der Waals surface area (Å²) in [4.78, 5) is 38.8. The molecule has 1 saturated heterocycles. The molecule has 0 spiro atoms. The van der Waals surface area contributed by atoms with Gasteiger partial charge in [0.1, 0.15) is 0 Å². The summed E-state index contributed by atoms with van der Waals surface area (Å²) in [5.74, 6) is -0.384. The van der Waals surface area contributed by atoms with Crippen molar-refractivity contribution in [1.29, 1.82) is 0 Å². The Hall–Kier alpha value is -2.84. The van der Waals surface area contributed by atoms with Gasteiger partial charge in [-0.2, -0.15) is 0 Å². The van der Waals surface area contributed by atoms with Gasteiger partial charge in [0.05, 0.1) is 26.9 Å². The van der Waals surface area contributed by atoms with Crippen LogP contribution in [-0.4, -0.2) is 47.8 Å². The van der Waals surface area contributed by atoms with Gasteiger partial charge in [0.25, 0.3) is 11.6 Å². The lowest BCUT2D eigenvalue weighted by molar-refractivity contribution is -0.384. The van der Waals surface area contributed by atoms with Crippen LogP contribution in [0.4, 0.5) is 17.1 Å². The molecule has 0 bridgehead atoms. The van der Waals surface area contributed by atoms with Crippen molar-refractivity contribution in [1.82, 2.24) is 4.90 Å². The van der Waals surface area contributed by atoms with Crippen molar-refractivity contribution in [3.8, 4) is 0 Å². The summed E-state index contributed by atoms with van der Waals surface area (Å²) in [6.07, 6.45) is 0.470. The summed E-state index contributed by atoms with van der Waals surface area (Å²) in [5.41, 5.74) is 1.19. The van der Waals surface area contributed by atoms with Crippen molar-refractivity contribution in [3.05, 3.63) is 62.1 Å². The molecule has 0 aliphatic carbocycles. The van der Waals surface area contributed by atoms with Gasteiger partial charge in [-0.1, -0.05) is 30.1 Å². The smallest absolute Gasteiger partial charge is 0.270 e. The summed E-state index contributed by atoms with van der Waals surface area (Å²) in [6.45, 7) is 4.27. The molecule has 1 heterocycles. The van der Waals surface area contributed by atoms with Crippen molar-refractivity contribution < 1.29 is 14.5 Å². The molecule has 30 heavy (non-hydrogen) atoms. The minimum absolute atomic E-state index is 0.0167. The second-order valence-corrected chi connectivity index (χ2v) is 7.60. The number of nitro groups is 1. The third kappa shape index (κ3) is 4.83. The summed E-state index contributed by atoms with van der Waals surface area (Å²) in [5, 5.41) is 14.1. The molecule has 0 unspecified atom stereocenters. The molecule has 0 atom stereocenters. The zero-order valence-corrected chi connectivity index (χ0v) is 17.7. The number of halogens is 2. The zero-order valence-electron chi connectivity index (χ0n) is 16.2. The lowest BCUT2D eigenvalue weighted by Crippen LogP contribution is -2.48. The normalized spacial score (nSPS) is 13.8. The van der Waals surface area contributed by atoms with Crippen molar-refractivity contribution in [2.45, 2.75) is 13.3 Å². The maximum atomic E-state index is 12.8. The van der Waals surface area contributed by atoms with E-state index in [-0.39, 0.29) is 22.2 Å². The fourth-order valence-corrected chi connectivity index (χ4v) is 3.73. The van der Waals surface area contributed by atoms with E-state index in [0.29, 0.717) is 43.3 Å². The molecule has 1 N–H and O–H groups in total. The molecular formula is C20H20Cl2N4O4. The van der Waals surface area contributed by atoms with Crippen molar-refractivity contribution in [3.63, 3.8) is 0 Å². The second kappa shape index (κ2) is 9.32. The minimum Gasteiger partial charge on any atom is -0.366 e. The lowest BCUT2D eigenvalue weighted by atomic mass is 10.1. The van der Waals surface area contributed by atoms with Gasteiger partial charge in [0.2, 0.25) is 5.91 Å². The topological polar surface area (TPSA) is 95.8 Å². The molecule has 2 amide bonds. The fraction of sp³-hybridized carbons (Fsp3) is 0.300. The Bertz CT molecular complexity index is 991. The van der Waals surface area contributed by atoms with Gasteiger partial charge in [-0.15, -0.1) is 0 Å². The van der Waals surface area contributed by atoms with Crippen molar-refractivity contribution in [2.24, 2.45) is 0 Å². The standard InChI is InChI=1S/C20H20Cl2N4O4/c1-2-19(27)25-9-7-24(8-10-25)18-6-3-13(21)11-17(18)23-20(28)15-5-4-14(26(29)30)12-16(15)22/h3-6,11-12H,2,7-10H2,1H3,(H,23,28). The number of carbonyl (C=O) groups is 2. The highest BCUT2D eigenvalue weighted by Gasteiger charge is 2.23. The van der Waals surface area contributed by atoms with Gasteiger partial charge in [0, 0.05) is 49.8 Å². The van der Waals surface area contributed by atoms with Crippen LogP contribution in [0.1, 0.15) is 23.7 Å². The number of benzene rings is 2. The molecule has 2 aromatic rings. The molecule has 3 rings (SSSR count). The third-order valence-electron chi connectivity index (χ3n) is 4.89. The molecule has 0 aromatic heterocycles. The van der Waals surface area contributed by atoms with Gasteiger partial charge in [-0.3, -0.25) is 19.7 Å². The van der Waals surface area contributed by atoms with E-state index in [1.165, 1.54) is 12.1 Å². The number of nitro benzene ring substituents is 1. The van der Waals surface area contributed by atoms with Crippen LogP contribution in [0, 0.1) is 10.1 Å². The minimum atomic E-state index is -0.578. The maximum Gasteiger partial charge on any atom is 0.270 e. The van der Waals surface area contributed by atoms with E-state index in [9.17, 15) is 19.7 Å². The number of amides is 2. The Kier molecular flexibility index (Phi) is 6.79. The number of carbonyl (C=O) groups excluding carboxylic acids is 2. The van der Waals surface area contributed by atoms with E-state index >= 15 is 0 Å². The van der Waals surface area contributed by atoms with Gasteiger partial charge in [0.15, 0.2) is 0 Å². The van der Waals surface area contributed by atoms with Crippen LogP contribution in [0.3, 0.4) is 0 Å². The molecule has 158 valence electrons. The molecule has 8 nitrogen and oxygen atoms in total. The first-order valence-corrected chi connectivity index (χ1v) is 10.1. The van der Waals surface area contributed by atoms with Gasteiger partial charge < -0.3 is 15.1 Å². The third-order valence-corrected chi connectivity index (χ3v) is 5.44. The highest BCUT2D eigenvalue weighted by molar-refractivity contribution is 6.35. The van der Waals surface area contributed by atoms with E-state index in [0.717, 1.165) is 11.8 Å². The van der Waals surface area contributed by atoms with Gasteiger partial charge in [-0.05, 0) is 24.3 Å².